The van der Waals surface area contributed by atoms with Gasteiger partial charge in [0.1, 0.15) is 0 Å². The fraction of sp³-hybridized carbons (Fsp3) is 0.833. The van der Waals surface area contributed by atoms with E-state index in [0.717, 1.165) is 6.54 Å². The zero-order chi connectivity index (χ0) is 7.40. The van der Waals surface area contributed by atoms with Gasteiger partial charge in [-0.3, -0.25) is 4.79 Å². The van der Waals surface area contributed by atoms with Crippen molar-refractivity contribution < 1.29 is 14.6 Å². The van der Waals surface area contributed by atoms with Crippen molar-refractivity contribution in [1.29, 1.82) is 0 Å². The summed E-state index contributed by atoms with van der Waals surface area (Å²) in [6, 6.07) is 0.00579. The lowest BCUT2D eigenvalue weighted by atomic mass is 10.2. The van der Waals surface area contributed by atoms with Gasteiger partial charge in [0.05, 0.1) is 19.6 Å². The lowest BCUT2D eigenvalue weighted by Gasteiger charge is -2.21. The molecule has 58 valence electrons. The van der Waals surface area contributed by atoms with E-state index in [9.17, 15) is 4.79 Å². The van der Waals surface area contributed by atoms with Gasteiger partial charge in [-0.2, -0.15) is 0 Å². The highest BCUT2D eigenvalue weighted by Crippen LogP contribution is 1.97. The standard InChI is InChI=1S/C6H11NO3/c8-6(9)3-5-4-10-2-1-7-5/h5,7H,1-4H2,(H,8,9). The third kappa shape index (κ3) is 2.33. The van der Waals surface area contributed by atoms with E-state index >= 15 is 0 Å². The molecule has 4 heteroatoms. The first-order valence-electron chi connectivity index (χ1n) is 3.32. The lowest BCUT2D eigenvalue weighted by molar-refractivity contribution is -0.138. The highest BCUT2D eigenvalue weighted by Gasteiger charge is 2.15. The highest BCUT2D eigenvalue weighted by atomic mass is 16.5. The van der Waals surface area contributed by atoms with E-state index in [1.165, 1.54) is 0 Å². The zero-order valence-electron chi connectivity index (χ0n) is 5.67. The molecule has 0 radical (unpaired) electrons. The molecule has 1 aliphatic heterocycles. The molecule has 0 saturated carbocycles. The molecule has 1 unspecified atom stereocenters. The summed E-state index contributed by atoms with van der Waals surface area (Å²) in [6.07, 6.45) is 0.153. The smallest absolute Gasteiger partial charge is 0.305 e. The first-order chi connectivity index (χ1) is 4.79. The predicted molar refractivity (Wildman–Crippen MR) is 34.9 cm³/mol. The Labute approximate surface area is 59.2 Å². The summed E-state index contributed by atoms with van der Waals surface area (Å²) in [7, 11) is 0. The normalized spacial score (nSPS) is 26.2. The summed E-state index contributed by atoms with van der Waals surface area (Å²) >= 11 is 0. The van der Waals surface area contributed by atoms with Crippen molar-refractivity contribution in [2.45, 2.75) is 12.5 Å². The van der Waals surface area contributed by atoms with Crippen LogP contribution in [0.2, 0.25) is 0 Å². The van der Waals surface area contributed by atoms with E-state index in [2.05, 4.69) is 5.32 Å². The molecule has 0 aliphatic carbocycles. The number of morpholine rings is 1. The van der Waals surface area contributed by atoms with Crippen LogP contribution in [-0.4, -0.2) is 36.9 Å². The maximum Gasteiger partial charge on any atom is 0.305 e. The van der Waals surface area contributed by atoms with Gasteiger partial charge in [0, 0.05) is 12.6 Å². The van der Waals surface area contributed by atoms with E-state index in [-0.39, 0.29) is 12.5 Å². The Morgan fingerprint density at radius 3 is 3.10 bits per heavy atom. The molecule has 1 rings (SSSR count). The fourth-order valence-corrected chi connectivity index (χ4v) is 0.962. The molecule has 1 aliphatic rings. The molecule has 10 heavy (non-hydrogen) atoms. The zero-order valence-corrected chi connectivity index (χ0v) is 5.67. The number of aliphatic carboxylic acids is 1. The Balaban J connectivity index is 2.19. The molecule has 0 aromatic carbocycles. The van der Waals surface area contributed by atoms with Gasteiger partial charge in [0.2, 0.25) is 0 Å². The molecule has 4 nitrogen and oxygen atoms in total. The fourth-order valence-electron chi connectivity index (χ4n) is 0.962. The lowest BCUT2D eigenvalue weighted by Crippen LogP contribution is -2.42. The summed E-state index contributed by atoms with van der Waals surface area (Å²) in [5, 5.41) is 11.4. The minimum atomic E-state index is -0.775. The maximum absolute atomic E-state index is 10.2. The van der Waals surface area contributed by atoms with E-state index < -0.39 is 5.97 Å². The molecule has 1 atom stereocenters. The van der Waals surface area contributed by atoms with Crippen LogP contribution in [0.1, 0.15) is 6.42 Å². The Hall–Kier alpha value is -0.610. The highest BCUT2D eigenvalue weighted by molar-refractivity contribution is 5.67. The van der Waals surface area contributed by atoms with Crippen molar-refractivity contribution >= 4 is 5.97 Å². The second kappa shape index (κ2) is 3.53. The van der Waals surface area contributed by atoms with Crippen LogP contribution >= 0.6 is 0 Å². The summed E-state index contributed by atoms with van der Waals surface area (Å²) in [5.41, 5.74) is 0. The second-order valence-electron chi connectivity index (χ2n) is 2.32. The van der Waals surface area contributed by atoms with Gasteiger partial charge in [0.15, 0.2) is 0 Å². The van der Waals surface area contributed by atoms with Crippen LogP contribution in [0.15, 0.2) is 0 Å². The first-order valence-corrected chi connectivity index (χ1v) is 3.32. The summed E-state index contributed by atoms with van der Waals surface area (Å²) in [6.45, 7) is 1.97. The van der Waals surface area contributed by atoms with Gasteiger partial charge in [-0.25, -0.2) is 0 Å². The quantitative estimate of drug-likeness (QED) is 0.547. The van der Waals surface area contributed by atoms with E-state index in [4.69, 9.17) is 9.84 Å². The number of carboxylic acid groups (broad SMARTS) is 1. The molecule has 0 bridgehead atoms. The van der Waals surface area contributed by atoms with Crippen molar-refractivity contribution in [3.05, 3.63) is 0 Å². The second-order valence-corrected chi connectivity index (χ2v) is 2.32. The van der Waals surface area contributed by atoms with E-state index in [1.807, 2.05) is 0 Å². The Bertz CT molecular complexity index is 120. The molecular weight excluding hydrogens is 134 g/mol. The van der Waals surface area contributed by atoms with Gasteiger partial charge >= 0.3 is 5.97 Å². The monoisotopic (exact) mass is 145 g/mol. The van der Waals surface area contributed by atoms with Crippen molar-refractivity contribution in [2.75, 3.05) is 19.8 Å². The molecule has 0 aromatic rings. The molecule has 1 heterocycles. The predicted octanol–water partition coefficient (Wildman–Crippen LogP) is -0.550. The number of rotatable bonds is 2. The van der Waals surface area contributed by atoms with Crippen molar-refractivity contribution in [3.63, 3.8) is 0 Å². The number of nitrogens with one attached hydrogen (secondary N) is 1. The minimum Gasteiger partial charge on any atom is -0.481 e. The van der Waals surface area contributed by atoms with Crippen LogP contribution in [-0.2, 0) is 9.53 Å². The molecule has 0 amide bonds. The number of hydrogen-bond acceptors (Lipinski definition) is 3. The number of carboxylic acids is 1. The molecular formula is C6H11NO3. The third-order valence-electron chi connectivity index (χ3n) is 1.42. The Kier molecular flexibility index (Phi) is 2.65. The van der Waals surface area contributed by atoms with Crippen LogP contribution in [0.4, 0.5) is 0 Å². The summed E-state index contributed by atoms with van der Waals surface area (Å²) in [4.78, 5) is 10.2. The van der Waals surface area contributed by atoms with E-state index in [0.29, 0.717) is 13.2 Å². The van der Waals surface area contributed by atoms with Crippen molar-refractivity contribution in [2.24, 2.45) is 0 Å². The number of ether oxygens (including phenoxy) is 1. The van der Waals surface area contributed by atoms with Crippen LogP contribution in [0.3, 0.4) is 0 Å². The third-order valence-corrected chi connectivity index (χ3v) is 1.42. The molecule has 2 N–H and O–H groups in total. The van der Waals surface area contributed by atoms with Crippen molar-refractivity contribution in [1.82, 2.24) is 5.32 Å². The van der Waals surface area contributed by atoms with Gasteiger partial charge in [0.25, 0.3) is 0 Å². The van der Waals surface area contributed by atoms with Crippen LogP contribution in [0, 0.1) is 0 Å². The number of carbonyl (C=O) groups is 1. The van der Waals surface area contributed by atoms with Crippen LogP contribution < -0.4 is 5.32 Å². The Morgan fingerprint density at radius 1 is 1.80 bits per heavy atom. The average molecular weight is 145 g/mol. The van der Waals surface area contributed by atoms with Gasteiger partial charge in [-0.05, 0) is 0 Å². The van der Waals surface area contributed by atoms with Crippen LogP contribution in [0.5, 0.6) is 0 Å². The van der Waals surface area contributed by atoms with Crippen LogP contribution in [0.25, 0.3) is 0 Å². The Morgan fingerprint density at radius 2 is 2.60 bits per heavy atom. The van der Waals surface area contributed by atoms with Gasteiger partial charge < -0.3 is 15.2 Å². The largest absolute Gasteiger partial charge is 0.481 e. The average Bonchev–Trinajstić information content (AvgIpc) is 1.88. The maximum atomic E-state index is 10.2. The first kappa shape index (κ1) is 7.50. The minimum absolute atomic E-state index is 0.00579. The SMILES string of the molecule is O=C(O)CC1COCCN1. The molecule has 1 saturated heterocycles. The van der Waals surface area contributed by atoms with Crippen molar-refractivity contribution in [3.8, 4) is 0 Å². The summed E-state index contributed by atoms with van der Waals surface area (Å²) in [5.74, 6) is -0.775. The van der Waals surface area contributed by atoms with E-state index in [1.54, 1.807) is 0 Å². The van der Waals surface area contributed by atoms with Gasteiger partial charge in [-0.1, -0.05) is 0 Å². The molecule has 1 fully saturated rings. The topological polar surface area (TPSA) is 58.6 Å². The number of hydrogen-bond donors (Lipinski definition) is 2. The van der Waals surface area contributed by atoms with Gasteiger partial charge in [-0.15, -0.1) is 0 Å². The molecule has 0 spiro atoms. The molecule has 0 aromatic heterocycles. The summed E-state index contributed by atoms with van der Waals surface area (Å²) < 4.78 is 5.06.